The fraction of sp³-hybridized carbons (Fsp3) is 0.529. The first-order valence-electron chi connectivity index (χ1n) is 7.29. The third kappa shape index (κ3) is 5.48. The van der Waals surface area contributed by atoms with Crippen LogP contribution in [0.2, 0.25) is 0 Å². The molecule has 0 radical (unpaired) electrons. The van der Waals surface area contributed by atoms with E-state index < -0.39 is 0 Å². The molecule has 1 N–H and O–H groups in total. The lowest BCUT2D eigenvalue weighted by Crippen LogP contribution is -2.03. The van der Waals surface area contributed by atoms with Crippen LogP contribution in [-0.4, -0.2) is 29.8 Å². The van der Waals surface area contributed by atoms with Crippen molar-refractivity contribution >= 4 is 11.8 Å². The predicted octanol–water partition coefficient (Wildman–Crippen LogP) is 3.33. The van der Waals surface area contributed by atoms with E-state index in [9.17, 15) is 0 Å². The highest BCUT2D eigenvalue weighted by molar-refractivity contribution is 7.99. The molecule has 1 saturated carbocycles. The van der Waals surface area contributed by atoms with Gasteiger partial charge < -0.3 is 9.84 Å². The van der Waals surface area contributed by atoms with Crippen LogP contribution < -0.4 is 4.74 Å². The zero-order valence-electron chi connectivity index (χ0n) is 11.8. The van der Waals surface area contributed by atoms with E-state index in [1.54, 1.807) is 0 Å². The maximum Gasteiger partial charge on any atom is 0.119 e. The zero-order chi connectivity index (χ0) is 14.0. The molecule has 2 rings (SSSR count). The van der Waals surface area contributed by atoms with E-state index >= 15 is 0 Å². The summed E-state index contributed by atoms with van der Waals surface area (Å²) >= 11 is 2.01. The van der Waals surface area contributed by atoms with Crippen LogP contribution in [0.25, 0.3) is 0 Å². The van der Waals surface area contributed by atoms with Gasteiger partial charge in [-0.05, 0) is 48.8 Å². The predicted molar refractivity (Wildman–Crippen MR) is 85.2 cm³/mol. The Morgan fingerprint density at radius 2 is 1.95 bits per heavy atom. The summed E-state index contributed by atoms with van der Waals surface area (Å²) in [6, 6.07) is 7.71. The highest BCUT2D eigenvalue weighted by Crippen LogP contribution is 2.27. The van der Waals surface area contributed by atoms with Gasteiger partial charge in [0, 0.05) is 11.3 Å². The quantitative estimate of drug-likeness (QED) is 0.643. The van der Waals surface area contributed by atoms with Gasteiger partial charge >= 0.3 is 0 Å². The molecule has 1 aromatic rings. The normalized spacial score (nSPS) is 14.8. The molecular weight excluding hydrogens is 268 g/mol. The molecule has 0 atom stereocenters. The monoisotopic (exact) mass is 290 g/mol. The molecule has 1 aliphatic carbocycles. The van der Waals surface area contributed by atoms with Crippen molar-refractivity contribution in [3.63, 3.8) is 0 Å². The van der Waals surface area contributed by atoms with Crippen molar-refractivity contribution in [1.82, 2.24) is 0 Å². The zero-order valence-corrected chi connectivity index (χ0v) is 12.6. The summed E-state index contributed by atoms with van der Waals surface area (Å²) in [5.74, 6) is 9.69. The molecule has 1 aromatic carbocycles. The molecule has 0 heterocycles. The summed E-state index contributed by atoms with van der Waals surface area (Å²) in [4.78, 5) is 0. The summed E-state index contributed by atoms with van der Waals surface area (Å²) in [6.07, 6.45) is 5.69. The van der Waals surface area contributed by atoms with Gasteiger partial charge in [-0.25, -0.2) is 0 Å². The molecule has 0 aromatic heterocycles. The first kappa shape index (κ1) is 15.3. The molecule has 3 heteroatoms. The van der Waals surface area contributed by atoms with Gasteiger partial charge in [0.25, 0.3) is 0 Å². The number of aliphatic hydroxyl groups excluding tert-OH is 1. The smallest absolute Gasteiger partial charge is 0.119 e. The minimum Gasteiger partial charge on any atom is -0.493 e. The van der Waals surface area contributed by atoms with Crippen molar-refractivity contribution in [1.29, 1.82) is 0 Å². The topological polar surface area (TPSA) is 29.5 Å². The van der Waals surface area contributed by atoms with Gasteiger partial charge in [0.1, 0.15) is 12.4 Å². The van der Waals surface area contributed by atoms with E-state index in [2.05, 4.69) is 11.8 Å². The van der Waals surface area contributed by atoms with Crippen LogP contribution in [0.15, 0.2) is 24.3 Å². The second kappa shape index (κ2) is 8.94. The number of ether oxygens (including phenoxy) is 1. The number of benzene rings is 1. The first-order chi connectivity index (χ1) is 9.88. The van der Waals surface area contributed by atoms with Crippen LogP contribution in [0.1, 0.15) is 31.2 Å². The molecule has 1 fully saturated rings. The largest absolute Gasteiger partial charge is 0.493 e. The van der Waals surface area contributed by atoms with Crippen molar-refractivity contribution in [3.05, 3.63) is 29.8 Å². The standard InChI is InChI=1S/C17H22O2S/c18-11-3-6-15-7-9-17(10-8-15)19-12-13-20-14-16-4-1-2-5-16/h7-10,16,18H,1-2,4-5,11-14H2. The number of rotatable bonds is 6. The lowest BCUT2D eigenvalue weighted by Gasteiger charge is -2.09. The van der Waals surface area contributed by atoms with Crippen molar-refractivity contribution in [2.75, 3.05) is 24.7 Å². The lowest BCUT2D eigenvalue weighted by atomic mass is 10.1. The molecule has 20 heavy (non-hydrogen) atoms. The fourth-order valence-electron chi connectivity index (χ4n) is 2.42. The van der Waals surface area contributed by atoms with E-state index in [4.69, 9.17) is 9.84 Å². The van der Waals surface area contributed by atoms with Crippen molar-refractivity contribution in [2.45, 2.75) is 25.7 Å². The molecular formula is C17H22O2S. The summed E-state index contributed by atoms with van der Waals surface area (Å²) in [7, 11) is 0. The van der Waals surface area contributed by atoms with Gasteiger partial charge in [-0.15, -0.1) is 0 Å². The molecule has 108 valence electrons. The first-order valence-corrected chi connectivity index (χ1v) is 8.44. The Balaban J connectivity index is 1.61. The van der Waals surface area contributed by atoms with Gasteiger partial charge in [-0.3, -0.25) is 0 Å². The van der Waals surface area contributed by atoms with Crippen LogP contribution in [0.4, 0.5) is 0 Å². The highest BCUT2D eigenvalue weighted by Gasteiger charge is 2.14. The lowest BCUT2D eigenvalue weighted by molar-refractivity contribution is 0.344. The van der Waals surface area contributed by atoms with Crippen molar-refractivity contribution in [3.8, 4) is 17.6 Å². The molecule has 1 aliphatic rings. The second-order valence-electron chi connectivity index (χ2n) is 5.06. The van der Waals surface area contributed by atoms with E-state index in [1.807, 2.05) is 36.0 Å². The summed E-state index contributed by atoms with van der Waals surface area (Å²) in [5.41, 5.74) is 0.905. The van der Waals surface area contributed by atoms with Crippen molar-refractivity contribution < 1.29 is 9.84 Å². The minimum atomic E-state index is -0.101. The Morgan fingerprint density at radius 1 is 1.20 bits per heavy atom. The minimum absolute atomic E-state index is 0.101. The third-order valence-corrected chi connectivity index (χ3v) is 4.65. The van der Waals surface area contributed by atoms with Crippen LogP contribution in [0.5, 0.6) is 5.75 Å². The molecule has 0 aliphatic heterocycles. The molecule has 2 nitrogen and oxygen atoms in total. The van der Waals surface area contributed by atoms with Gasteiger partial charge in [0.2, 0.25) is 0 Å². The Kier molecular flexibility index (Phi) is 6.83. The molecule has 0 spiro atoms. The van der Waals surface area contributed by atoms with Crippen LogP contribution in [-0.2, 0) is 0 Å². The Bertz CT molecular complexity index is 438. The maximum absolute atomic E-state index is 8.63. The highest BCUT2D eigenvalue weighted by atomic mass is 32.2. The average Bonchev–Trinajstić information content (AvgIpc) is 2.99. The summed E-state index contributed by atoms with van der Waals surface area (Å²) < 4.78 is 5.71. The van der Waals surface area contributed by atoms with E-state index in [0.29, 0.717) is 0 Å². The van der Waals surface area contributed by atoms with Crippen LogP contribution in [0, 0.1) is 17.8 Å². The SMILES string of the molecule is OCC#Cc1ccc(OCCSCC2CCCC2)cc1. The third-order valence-electron chi connectivity index (χ3n) is 3.49. The van der Waals surface area contributed by atoms with Crippen LogP contribution >= 0.6 is 11.8 Å². The fourth-order valence-corrected chi connectivity index (χ4v) is 3.46. The summed E-state index contributed by atoms with van der Waals surface area (Å²) in [5, 5.41) is 8.63. The average molecular weight is 290 g/mol. The van der Waals surface area contributed by atoms with E-state index in [-0.39, 0.29) is 6.61 Å². The second-order valence-corrected chi connectivity index (χ2v) is 6.21. The Morgan fingerprint density at radius 3 is 2.65 bits per heavy atom. The van der Waals surface area contributed by atoms with Gasteiger partial charge in [-0.2, -0.15) is 11.8 Å². The van der Waals surface area contributed by atoms with Crippen LogP contribution in [0.3, 0.4) is 0 Å². The molecule has 0 unspecified atom stereocenters. The molecule has 0 amide bonds. The Labute approximate surface area is 125 Å². The summed E-state index contributed by atoms with van der Waals surface area (Å²) in [6.45, 7) is 0.662. The van der Waals surface area contributed by atoms with Gasteiger partial charge in [-0.1, -0.05) is 24.7 Å². The van der Waals surface area contributed by atoms with E-state index in [0.717, 1.165) is 29.6 Å². The number of hydrogen-bond donors (Lipinski definition) is 1. The van der Waals surface area contributed by atoms with E-state index in [1.165, 1.54) is 31.4 Å². The molecule has 0 bridgehead atoms. The number of aliphatic hydroxyl groups is 1. The maximum atomic E-state index is 8.63. The number of thioether (sulfide) groups is 1. The van der Waals surface area contributed by atoms with Gasteiger partial charge in [0.05, 0.1) is 6.61 Å². The molecule has 0 saturated heterocycles. The Hall–Kier alpha value is -1.11. The number of hydrogen-bond acceptors (Lipinski definition) is 3. The van der Waals surface area contributed by atoms with Crippen molar-refractivity contribution in [2.24, 2.45) is 5.92 Å². The van der Waals surface area contributed by atoms with Gasteiger partial charge in [0.15, 0.2) is 0 Å².